The topological polar surface area (TPSA) is 48.0 Å². The summed E-state index contributed by atoms with van der Waals surface area (Å²) in [6.45, 7) is 8.58. The number of allylic oxidation sites excluding steroid dienone is 1. The molecule has 0 saturated heterocycles. The molecule has 0 aliphatic heterocycles. The first-order valence-electron chi connectivity index (χ1n) is 8.20. The highest BCUT2D eigenvalue weighted by Crippen LogP contribution is 2.40. The Morgan fingerprint density at radius 3 is 2.52 bits per heavy atom. The molecule has 0 aliphatic rings. The Kier molecular flexibility index (Phi) is 4.69. The highest BCUT2D eigenvalue weighted by atomic mass is 35.5. The number of hydrogen-bond donors (Lipinski definition) is 1. The normalized spacial score (nSPS) is 11.0. The van der Waals surface area contributed by atoms with E-state index >= 15 is 0 Å². The van der Waals surface area contributed by atoms with Gasteiger partial charge in [0.15, 0.2) is 0 Å². The van der Waals surface area contributed by atoms with Crippen molar-refractivity contribution in [2.45, 2.75) is 26.8 Å². The van der Waals surface area contributed by atoms with Gasteiger partial charge in [0.25, 0.3) is 0 Å². The molecule has 0 radical (unpaired) electrons. The highest BCUT2D eigenvalue weighted by molar-refractivity contribution is 6.30. The summed E-state index contributed by atoms with van der Waals surface area (Å²) in [4.78, 5) is 11.3. The van der Waals surface area contributed by atoms with Crippen molar-refractivity contribution in [2.24, 2.45) is 0 Å². The second-order valence-corrected chi connectivity index (χ2v) is 6.65. The van der Waals surface area contributed by atoms with Gasteiger partial charge in [0.1, 0.15) is 6.29 Å². The van der Waals surface area contributed by atoms with E-state index in [1.54, 1.807) is 0 Å². The molecule has 3 nitrogen and oxygen atoms in total. The third kappa shape index (κ3) is 2.85. The Morgan fingerprint density at radius 1 is 1.24 bits per heavy atom. The molecule has 0 amide bonds. The number of nitrogens with zero attached hydrogens (tertiary/aromatic N) is 1. The number of halogens is 1. The van der Waals surface area contributed by atoms with E-state index in [-0.39, 0.29) is 0 Å². The van der Waals surface area contributed by atoms with Crippen LogP contribution < -0.4 is 5.73 Å². The molecule has 3 aromatic rings. The second-order valence-electron chi connectivity index (χ2n) is 6.22. The number of nitrogens with two attached hydrogens (primary N) is 1. The molecule has 0 fully saturated rings. The van der Waals surface area contributed by atoms with Gasteiger partial charge in [-0.1, -0.05) is 29.8 Å². The van der Waals surface area contributed by atoms with Crippen molar-refractivity contribution in [1.29, 1.82) is 0 Å². The SMILES string of the molecule is C=CCn1c(C)cc2c(-c3ccc(Cl)cc3)c(CC=O)c(C)c(N)c21. The van der Waals surface area contributed by atoms with Crippen molar-refractivity contribution in [3.05, 3.63) is 64.8 Å². The number of hydrogen-bond acceptors (Lipinski definition) is 2. The predicted octanol–water partition coefficient (Wildman–Crippen LogP) is 5.09. The van der Waals surface area contributed by atoms with Crippen LogP contribution in [-0.2, 0) is 17.8 Å². The molecule has 0 spiro atoms. The zero-order valence-corrected chi connectivity index (χ0v) is 15.2. The summed E-state index contributed by atoms with van der Waals surface area (Å²) >= 11 is 6.05. The van der Waals surface area contributed by atoms with E-state index in [1.807, 2.05) is 37.3 Å². The zero-order valence-electron chi connectivity index (χ0n) is 14.5. The van der Waals surface area contributed by atoms with E-state index in [0.717, 1.165) is 50.8 Å². The average Bonchev–Trinajstić information content (AvgIpc) is 2.91. The molecular weight excluding hydrogens is 332 g/mol. The number of benzene rings is 2. The van der Waals surface area contributed by atoms with E-state index in [1.165, 1.54) is 0 Å². The first kappa shape index (κ1) is 17.3. The minimum absolute atomic E-state index is 0.329. The Balaban J connectivity index is 2.47. The molecule has 25 heavy (non-hydrogen) atoms. The van der Waals surface area contributed by atoms with Gasteiger partial charge in [0, 0.05) is 29.1 Å². The predicted molar refractivity (Wildman–Crippen MR) is 106 cm³/mol. The first-order valence-corrected chi connectivity index (χ1v) is 8.58. The van der Waals surface area contributed by atoms with Gasteiger partial charge in [-0.15, -0.1) is 6.58 Å². The van der Waals surface area contributed by atoms with E-state index in [0.29, 0.717) is 18.0 Å². The van der Waals surface area contributed by atoms with Gasteiger partial charge in [-0.05, 0) is 54.3 Å². The van der Waals surface area contributed by atoms with Crippen LogP contribution in [0.1, 0.15) is 16.8 Å². The van der Waals surface area contributed by atoms with E-state index in [4.69, 9.17) is 17.3 Å². The number of aldehydes is 1. The number of fused-ring (bicyclic) bond motifs is 1. The molecule has 3 rings (SSSR count). The number of aromatic nitrogens is 1. The summed E-state index contributed by atoms with van der Waals surface area (Å²) in [5.74, 6) is 0. The van der Waals surface area contributed by atoms with Crippen molar-refractivity contribution in [2.75, 3.05) is 5.73 Å². The van der Waals surface area contributed by atoms with Gasteiger partial charge in [-0.25, -0.2) is 0 Å². The van der Waals surface area contributed by atoms with Crippen LogP contribution in [0.15, 0.2) is 43.0 Å². The minimum Gasteiger partial charge on any atom is -0.397 e. The van der Waals surface area contributed by atoms with Crippen LogP contribution in [-0.4, -0.2) is 10.9 Å². The molecule has 2 N–H and O–H groups in total. The zero-order chi connectivity index (χ0) is 18.1. The lowest BCUT2D eigenvalue weighted by Gasteiger charge is -2.17. The van der Waals surface area contributed by atoms with Gasteiger partial charge in [0.2, 0.25) is 0 Å². The quantitative estimate of drug-likeness (QED) is 0.395. The number of aryl methyl sites for hydroxylation is 1. The summed E-state index contributed by atoms with van der Waals surface area (Å²) in [6.07, 6.45) is 3.12. The molecule has 0 saturated carbocycles. The lowest BCUT2D eigenvalue weighted by molar-refractivity contribution is -0.107. The fourth-order valence-corrected chi connectivity index (χ4v) is 3.62. The molecule has 0 atom stereocenters. The maximum absolute atomic E-state index is 11.3. The molecule has 0 unspecified atom stereocenters. The summed E-state index contributed by atoms with van der Waals surface area (Å²) < 4.78 is 2.16. The molecule has 128 valence electrons. The molecule has 0 bridgehead atoms. The Hall–Kier alpha value is -2.52. The van der Waals surface area contributed by atoms with Gasteiger partial charge in [-0.2, -0.15) is 0 Å². The summed E-state index contributed by atoms with van der Waals surface area (Å²) in [5, 5.41) is 1.74. The fraction of sp³-hybridized carbons (Fsp3) is 0.190. The van der Waals surface area contributed by atoms with Crippen molar-refractivity contribution in [1.82, 2.24) is 4.57 Å². The summed E-state index contributed by atoms with van der Waals surface area (Å²) in [6, 6.07) is 9.84. The second kappa shape index (κ2) is 6.77. The molecule has 1 aromatic heterocycles. The van der Waals surface area contributed by atoms with Gasteiger partial charge >= 0.3 is 0 Å². The van der Waals surface area contributed by atoms with Crippen molar-refractivity contribution < 1.29 is 4.79 Å². The van der Waals surface area contributed by atoms with E-state index < -0.39 is 0 Å². The number of nitrogen functional groups attached to an aromatic ring is 1. The molecule has 1 heterocycles. The number of rotatable bonds is 5. The summed E-state index contributed by atoms with van der Waals surface area (Å²) in [5.41, 5.74) is 13.3. The van der Waals surface area contributed by atoms with E-state index in [2.05, 4.69) is 24.1 Å². The largest absolute Gasteiger partial charge is 0.397 e. The molecule has 4 heteroatoms. The maximum atomic E-state index is 11.3. The third-order valence-electron chi connectivity index (χ3n) is 4.72. The van der Waals surface area contributed by atoms with E-state index in [9.17, 15) is 4.79 Å². The Bertz CT molecular complexity index is 968. The smallest absolute Gasteiger partial charge is 0.124 e. The van der Waals surface area contributed by atoms with Crippen LogP contribution in [0.5, 0.6) is 0 Å². The lowest BCUT2D eigenvalue weighted by atomic mass is 9.90. The van der Waals surface area contributed by atoms with Crippen LogP contribution in [0.3, 0.4) is 0 Å². The Labute approximate surface area is 152 Å². The third-order valence-corrected chi connectivity index (χ3v) is 4.97. The van der Waals surface area contributed by atoms with Gasteiger partial charge in [0.05, 0.1) is 11.2 Å². The fourth-order valence-electron chi connectivity index (χ4n) is 3.50. The first-order chi connectivity index (χ1) is 12.0. The van der Waals surface area contributed by atoms with Crippen LogP contribution in [0.4, 0.5) is 5.69 Å². The molecular formula is C21H21ClN2O. The van der Waals surface area contributed by atoms with Crippen molar-refractivity contribution in [3.8, 4) is 11.1 Å². The standard InChI is InChI=1S/C21H21ClN2O/c1-4-10-24-13(2)12-18-19(15-5-7-16(22)8-6-15)17(9-11-25)14(3)20(23)21(18)24/h4-8,11-12H,1,9-10,23H2,2-3H3. The van der Waals surface area contributed by atoms with Crippen LogP contribution in [0.2, 0.25) is 5.02 Å². The number of anilines is 1. The number of carbonyl (C=O) groups is 1. The number of carbonyl (C=O) groups excluding carboxylic acids is 1. The van der Waals surface area contributed by atoms with Gasteiger partial charge < -0.3 is 15.1 Å². The lowest BCUT2D eigenvalue weighted by Crippen LogP contribution is -2.05. The van der Waals surface area contributed by atoms with Crippen molar-refractivity contribution >= 4 is 34.5 Å². The maximum Gasteiger partial charge on any atom is 0.124 e. The van der Waals surface area contributed by atoms with Crippen LogP contribution in [0.25, 0.3) is 22.0 Å². The highest BCUT2D eigenvalue weighted by Gasteiger charge is 2.20. The summed E-state index contributed by atoms with van der Waals surface area (Å²) in [7, 11) is 0. The van der Waals surface area contributed by atoms with Gasteiger partial charge in [-0.3, -0.25) is 0 Å². The average molecular weight is 353 g/mol. The van der Waals surface area contributed by atoms with Crippen LogP contribution in [0, 0.1) is 13.8 Å². The molecule has 2 aromatic carbocycles. The minimum atomic E-state index is 0.329. The van der Waals surface area contributed by atoms with Crippen molar-refractivity contribution in [3.63, 3.8) is 0 Å². The monoisotopic (exact) mass is 352 g/mol. The van der Waals surface area contributed by atoms with Crippen LogP contribution >= 0.6 is 11.6 Å². The Morgan fingerprint density at radius 2 is 1.92 bits per heavy atom. The molecule has 0 aliphatic carbocycles.